The maximum Gasteiger partial charge on any atom is 0.0528 e. The molecule has 1 saturated heterocycles. The summed E-state index contributed by atoms with van der Waals surface area (Å²) >= 11 is 3.60. The fourth-order valence-corrected chi connectivity index (χ4v) is 3.24. The molecule has 0 aromatic heterocycles. The first-order chi connectivity index (χ1) is 7.78. The first kappa shape index (κ1) is 12.1. The van der Waals surface area contributed by atoms with E-state index in [0.29, 0.717) is 0 Å². The van der Waals surface area contributed by atoms with Crippen molar-refractivity contribution in [2.24, 2.45) is 0 Å². The van der Waals surface area contributed by atoms with Gasteiger partial charge < -0.3 is 10.4 Å². The van der Waals surface area contributed by atoms with Crippen LogP contribution in [0.25, 0.3) is 0 Å². The number of aliphatic hydroxyl groups is 1. The molecule has 1 heterocycles. The van der Waals surface area contributed by atoms with Crippen molar-refractivity contribution in [1.82, 2.24) is 5.32 Å². The highest BCUT2D eigenvalue weighted by molar-refractivity contribution is 9.10. The van der Waals surface area contributed by atoms with E-state index in [-0.39, 0.29) is 12.0 Å². The van der Waals surface area contributed by atoms with Crippen molar-refractivity contribution in [3.63, 3.8) is 0 Å². The van der Waals surface area contributed by atoms with Crippen molar-refractivity contribution in [3.8, 4) is 0 Å². The second-order valence-electron chi connectivity index (χ2n) is 4.52. The van der Waals surface area contributed by atoms with E-state index in [4.69, 9.17) is 0 Å². The molecule has 2 N–H and O–H groups in total. The molecule has 3 heteroatoms. The molecule has 2 rings (SSSR count). The third-order valence-corrected chi connectivity index (χ3v) is 4.23. The zero-order valence-corrected chi connectivity index (χ0v) is 11.0. The number of benzene rings is 1. The second kappa shape index (κ2) is 5.30. The fraction of sp³-hybridized carbons (Fsp3) is 0.538. The van der Waals surface area contributed by atoms with Gasteiger partial charge in [0.2, 0.25) is 0 Å². The Labute approximate surface area is 105 Å². The maximum atomic E-state index is 9.80. The van der Waals surface area contributed by atoms with Crippen LogP contribution in [0.4, 0.5) is 0 Å². The van der Waals surface area contributed by atoms with Crippen molar-refractivity contribution < 1.29 is 5.11 Å². The molecule has 1 unspecified atom stereocenters. The first-order valence-electron chi connectivity index (χ1n) is 5.85. The van der Waals surface area contributed by atoms with Gasteiger partial charge in [-0.05, 0) is 44.0 Å². The molecular weight excluding hydrogens is 266 g/mol. The molecule has 88 valence electrons. The largest absolute Gasteiger partial charge is 0.395 e. The minimum absolute atomic E-state index is 0.0659. The summed E-state index contributed by atoms with van der Waals surface area (Å²) in [4.78, 5) is 0. The number of rotatable bonds is 2. The Morgan fingerprint density at radius 1 is 1.25 bits per heavy atom. The summed E-state index contributed by atoms with van der Waals surface area (Å²) in [5, 5.41) is 13.2. The van der Waals surface area contributed by atoms with Gasteiger partial charge in [0.05, 0.1) is 6.61 Å². The smallest absolute Gasteiger partial charge is 0.0528 e. The first-order valence-corrected chi connectivity index (χ1v) is 6.64. The second-order valence-corrected chi connectivity index (χ2v) is 5.38. The van der Waals surface area contributed by atoms with Crippen LogP contribution in [0.1, 0.15) is 24.8 Å². The van der Waals surface area contributed by atoms with E-state index in [1.807, 2.05) is 6.07 Å². The van der Waals surface area contributed by atoms with Crippen LogP contribution in [0, 0.1) is 0 Å². The predicted molar refractivity (Wildman–Crippen MR) is 69.6 cm³/mol. The average Bonchev–Trinajstić information content (AvgIpc) is 2.56. The molecule has 1 aromatic rings. The summed E-state index contributed by atoms with van der Waals surface area (Å²) in [5.41, 5.74) is 1.19. The number of halogens is 1. The molecule has 1 atom stereocenters. The lowest BCUT2D eigenvalue weighted by molar-refractivity contribution is 0.178. The molecular formula is C13H18BrNO. The van der Waals surface area contributed by atoms with E-state index < -0.39 is 0 Å². The molecule has 0 spiro atoms. The molecule has 0 aliphatic carbocycles. The Morgan fingerprint density at radius 2 is 2.06 bits per heavy atom. The molecule has 0 radical (unpaired) electrons. The quantitative estimate of drug-likeness (QED) is 0.874. The minimum atomic E-state index is -0.0659. The molecule has 1 aliphatic rings. The zero-order chi connectivity index (χ0) is 11.4. The average molecular weight is 284 g/mol. The summed E-state index contributed by atoms with van der Waals surface area (Å²) in [5.74, 6) is 0. The standard InChI is InChI=1S/C13H18BrNO/c14-12-5-2-1-4-11(12)13(10-16)6-3-8-15-9-7-13/h1-2,4-5,15-16H,3,6-10H2. The number of nitrogens with one attached hydrogen (secondary N) is 1. The molecule has 1 fully saturated rings. The molecule has 16 heavy (non-hydrogen) atoms. The summed E-state index contributed by atoms with van der Waals surface area (Å²) in [6.45, 7) is 2.28. The van der Waals surface area contributed by atoms with Crippen LogP contribution in [0.5, 0.6) is 0 Å². The molecule has 0 bridgehead atoms. The lowest BCUT2D eigenvalue weighted by Crippen LogP contribution is -2.32. The maximum absolute atomic E-state index is 9.80. The highest BCUT2D eigenvalue weighted by Gasteiger charge is 2.33. The van der Waals surface area contributed by atoms with E-state index in [9.17, 15) is 5.11 Å². The highest BCUT2D eigenvalue weighted by Crippen LogP contribution is 2.37. The molecule has 2 nitrogen and oxygen atoms in total. The molecule has 0 amide bonds. The third kappa shape index (κ3) is 2.31. The van der Waals surface area contributed by atoms with Gasteiger partial charge in [-0.15, -0.1) is 0 Å². The number of aliphatic hydroxyl groups excluding tert-OH is 1. The lowest BCUT2D eigenvalue weighted by Gasteiger charge is -2.32. The van der Waals surface area contributed by atoms with Crippen LogP contribution in [-0.2, 0) is 5.41 Å². The zero-order valence-electron chi connectivity index (χ0n) is 9.38. The highest BCUT2D eigenvalue weighted by atomic mass is 79.9. The van der Waals surface area contributed by atoms with Gasteiger partial charge in [-0.25, -0.2) is 0 Å². The van der Waals surface area contributed by atoms with Crippen LogP contribution in [0.2, 0.25) is 0 Å². The summed E-state index contributed by atoms with van der Waals surface area (Å²) in [6, 6.07) is 8.26. The Hall–Kier alpha value is -0.380. The van der Waals surface area contributed by atoms with Gasteiger partial charge in [-0.1, -0.05) is 34.1 Å². The molecule has 0 saturated carbocycles. The molecule has 1 aromatic carbocycles. The van der Waals surface area contributed by atoms with Gasteiger partial charge in [0.1, 0.15) is 0 Å². The number of hydrogen-bond acceptors (Lipinski definition) is 2. The SMILES string of the molecule is OCC1(c2ccccc2Br)CCCNCC1. The Bertz CT molecular complexity index is 346. The van der Waals surface area contributed by atoms with Crippen LogP contribution < -0.4 is 5.32 Å². The van der Waals surface area contributed by atoms with Gasteiger partial charge in [0.15, 0.2) is 0 Å². The van der Waals surface area contributed by atoms with Crippen molar-refractivity contribution in [1.29, 1.82) is 0 Å². The van der Waals surface area contributed by atoms with Crippen molar-refractivity contribution in [3.05, 3.63) is 34.3 Å². The van der Waals surface area contributed by atoms with Crippen molar-refractivity contribution in [2.45, 2.75) is 24.7 Å². The lowest BCUT2D eigenvalue weighted by atomic mass is 9.75. The summed E-state index contributed by atoms with van der Waals surface area (Å²) in [6.07, 6.45) is 3.19. The van der Waals surface area contributed by atoms with Gasteiger partial charge in [-0.2, -0.15) is 0 Å². The molecule has 1 aliphatic heterocycles. The minimum Gasteiger partial charge on any atom is -0.395 e. The summed E-state index contributed by atoms with van der Waals surface area (Å²) in [7, 11) is 0. The Balaban J connectivity index is 2.36. The van der Waals surface area contributed by atoms with Gasteiger partial charge in [0.25, 0.3) is 0 Å². The van der Waals surface area contributed by atoms with Crippen molar-refractivity contribution in [2.75, 3.05) is 19.7 Å². The van der Waals surface area contributed by atoms with Crippen LogP contribution in [0.15, 0.2) is 28.7 Å². The van der Waals surface area contributed by atoms with E-state index in [2.05, 4.69) is 39.4 Å². The van der Waals surface area contributed by atoms with Gasteiger partial charge in [-0.3, -0.25) is 0 Å². The Morgan fingerprint density at radius 3 is 2.81 bits per heavy atom. The Kier molecular flexibility index (Phi) is 4.00. The van der Waals surface area contributed by atoms with Gasteiger partial charge >= 0.3 is 0 Å². The van der Waals surface area contributed by atoms with Crippen LogP contribution >= 0.6 is 15.9 Å². The summed E-state index contributed by atoms with van der Waals surface area (Å²) < 4.78 is 1.12. The fourth-order valence-electron chi connectivity index (χ4n) is 2.53. The van der Waals surface area contributed by atoms with E-state index in [1.165, 1.54) is 5.56 Å². The monoisotopic (exact) mass is 283 g/mol. The number of hydrogen-bond donors (Lipinski definition) is 2. The topological polar surface area (TPSA) is 32.3 Å². The van der Waals surface area contributed by atoms with E-state index in [1.54, 1.807) is 0 Å². The predicted octanol–water partition coefficient (Wildman–Crippen LogP) is 2.45. The van der Waals surface area contributed by atoms with Crippen molar-refractivity contribution >= 4 is 15.9 Å². The van der Waals surface area contributed by atoms with Gasteiger partial charge in [0, 0.05) is 9.89 Å². The normalized spacial score (nSPS) is 26.4. The van der Waals surface area contributed by atoms with E-state index in [0.717, 1.165) is 36.8 Å². The van der Waals surface area contributed by atoms with E-state index >= 15 is 0 Å². The van der Waals surface area contributed by atoms with Crippen LogP contribution in [-0.4, -0.2) is 24.8 Å². The van der Waals surface area contributed by atoms with Crippen LogP contribution in [0.3, 0.4) is 0 Å². The third-order valence-electron chi connectivity index (χ3n) is 3.54.